The van der Waals surface area contributed by atoms with Gasteiger partial charge in [-0.2, -0.15) is 0 Å². The Morgan fingerprint density at radius 2 is 1.85 bits per heavy atom. The van der Waals surface area contributed by atoms with E-state index in [1.54, 1.807) is 7.11 Å². The molecule has 2 aliphatic heterocycles. The summed E-state index contributed by atoms with van der Waals surface area (Å²) in [5, 5.41) is 3.44. The minimum Gasteiger partial charge on any atom is -0.497 e. The first-order valence-electron chi connectivity index (χ1n) is 12.2. The zero-order valence-corrected chi connectivity index (χ0v) is 19.5. The molecular formula is C27H34N2O4. The van der Waals surface area contributed by atoms with Crippen molar-refractivity contribution in [3.8, 4) is 17.2 Å². The Labute approximate surface area is 196 Å². The topological polar surface area (TPSA) is 60.0 Å². The van der Waals surface area contributed by atoms with Crippen LogP contribution < -0.4 is 19.5 Å². The van der Waals surface area contributed by atoms with E-state index in [0.717, 1.165) is 81.0 Å². The van der Waals surface area contributed by atoms with Crippen LogP contribution in [0.4, 0.5) is 0 Å². The fourth-order valence-electron chi connectivity index (χ4n) is 5.58. The first-order chi connectivity index (χ1) is 16.2. The van der Waals surface area contributed by atoms with Gasteiger partial charge in [-0.15, -0.1) is 0 Å². The number of hydrogen-bond acceptors (Lipinski definition) is 5. The summed E-state index contributed by atoms with van der Waals surface area (Å²) in [5.41, 5.74) is 1.87. The predicted molar refractivity (Wildman–Crippen MR) is 127 cm³/mol. The quantitative estimate of drug-likeness (QED) is 0.707. The van der Waals surface area contributed by atoms with Crippen LogP contribution >= 0.6 is 0 Å². The minimum atomic E-state index is -0.461. The fourth-order valence-corrected chi connectivity index (χ4v) is 5.58. The van der Waals surface area contributed by atoms with Crippen LogP contribution in [-0.2, 0) is 16.8 Å². The largest absolute Gasteiger partial charge is 0.497 e. The number of likely N-dealkylation sites (tertiary alicyclic amines) is 1. The molecule has 0 unspecified atom stereocenters. The summed E-state index contributed by atoms with van der Waals surface area (Å²) in [4.78, 5) is 16.2. The number of carbonyl (C=O) groups excluding carboxylic acids is 1. The van der Waals surface area contributed by atoms with Crippen LogP contribution in [0.5, 0.6) is 17.2 Å². The Kier molecular flexibility index (Phi) is 6.45. The Balaban J connectivity index is 1.22. The molecule has 1 saturated carbocycles. The second-order valence-corrected chi connectivity index (χ2v) is 9.59. The van der Waals surface area contributed by atoms with Gasteiger partial charge in [-0.1, -0.05) is 37.5 Å². The summed E-state index contributed by atoms with van der Waals surface area (Å²) in [7, 11) is 1.70. The summed E-state index contributed by atoms with van der Waals surface area (Å²) in [6, 6.07) is 14.6. The van der Waals surface area contributed by atoms with Gasteiger partial charge in [0.05, 0.1) is 12.5 Å². The molecule has 1 saturated heterocycles. The van der Waals surface area contributed by atoms with Gasteiger partial charge in [0.15, 0.2) is 11.5 Å². The van der Waals surface area contributed by atoms with Gasteiger partial charge in [0.2, 0.25) is 12.7 Å². The molecule has 2 heterocycles. The van der Waals surface area contributed by atoms with Gasteiger partial charge in [-0.3, -0.25) is 9.69 Å². The third-order valence-electron chi connectivity index (χ3n) is 7.53. The van der Waals surface area contributed by atoms with Gasteiger partial charge in [-0.25, -0.2) is 0 Å². The maximum atomic E-state index is 13.7. The van der Waals surface area contributed by atoms with Crippen molar-refractivity contribution in [2.24, 2.45) is 0 Å². The summed E-state index contributed by atoms with van der Waals surface area (Å²) >= 11 is 0. The van der Waals surface area contributed by atoms with E-state index in [1.807, 2.05) is 24.3 Å². The fraction of sp³-hybridized carbons (Fsp3) is 0.519. The SMILES string of the molecule is COc1cccc(CN2CCC(NC(=O)C3(c4ccc5c(c4)OCO5)CCCCC3)CC2)c1. The molecule has 0 atom stereocenters. The number of nitrogens with zero attached hydrogens (tertiary/aromatic N) is 1. The molecule has 1 aliphatic carbocycles. The van der Waals surface area contributed by atoms with Crippen molar-refractivity contribution in [2.45, 2.75) is 62.9 Å². The van der Waals surface area contributed by atoms with Gasteiger partial charge in [-0.05, 0) is 61.1 Å². The van der Waals surface area contributed by atoms with E-state index in [9.17, 15) is 4.79 Å². The van der Waals surface area contributed by atoms with Gasteiger partial charge in [0, 0.05) is 25.7 Å². The van der Waals surface area contributed by atoms with Crippen molar-refractivity contribution in [3.63, 3.8) is 0 Å². The normalized spacial score (nSPS) is 20.4. The number of hydrogen-bond donors (Lipinski definition) is 1. The Morgan fingerprint density at radius 1 is 1.06 bits per heavy atom. The lowest BCUT2D eigenvalue weighted by molar-refractivity contribution is -0.129. The molecule has 0 aromatic heterocycles. The lowest BCUT2D eigenvalue weighted by atomic mass is 9.68. The molecule has 1 N–H and O–H groups in total. The molecule has 2 fully saturated rings. The number of rotatable bonds is 6. The number of nitrogens with one attached hydrogen (secondary N) is 1. The first-order valence-corrected chi connectivity index (χ1v) is 12.2. The van der Waals surface area contributed by atoms with Crippen molar-refractivity contribution in [1.29, 1.82) is 0 Å². The molecule has 176 valence electrons. The highest BCUT2D eigenvalue weighted by atomic mass is 16.7. The monoisotopic (exact) mass is 450 g/mol. The zero-order chi connectivity index (χ0) is 22.7. The van der Waals surface area contributed by atoms with Crippen LogP contribution in [0.2, 0.25) is 0 Å². The average molecular weight is 451 g/mol. The van der Waals surface area contributed by atoms with Crippen molar-refractivity contribution in [1.82, 2.24) is 10.2 Å². The number of methoxy groups -OCH3 is 1. The average Bonchev–Trinajstić information content (AvgIpc) is 3.34. The molecule has 33 heavy (non-hydrogen) atoms. The molecule has 5 rings (SSSR count). The van der Waals surface area contributed by atoms with Crippen molar-refractivity contribution in [2.75, 3.05) is 27.0 Å². The summed E-state index contributed by atoms with van der Waals surface area (Å²) in [6.07, 6.45) is 7.12. The van der Waals surface area contributed by atoms with Crippen LogP contribution in [0, 0.1) is 0 Å². The van der Waals surface area contributed by atoms with Crippen molar-refractivity contribution < 1.29 is 19.0 Å². The number of fused-ring (bicyclic) bond motifs is 1. The van der Waals surface area contributed by atoms with E-state index in [4.69, 9.17) is 14.2 Å². The minimum absolute atomic E-state index is 0.187. The predicted octanol–water partition coefficient (Wildman–Crippen LogP) is 4.41. The highest BCUT2D eigenvalue weighted by Crippen LogP contribution is 2.43. The van der Waals surface area contributed by atoms with Crippen LogP contribution in [0.3, 0.4) is 0 Å². The molecule has 0 bridgehead atoms. The van der Waals surface area contributed by atoms with E-state index < -0.39 is 5.41 Å². The molecule has 0 radical (unpaired) electrons. The van der Waals surface area contributed by atoms with E-state index in [1.165, 1.54) is 12.0 Å². The third-order valence-corrected chi connectivity index (χ3v) is 7.53. The molecule has 6 nitrogen and oxygen atoms in total. The molecule has 1 amide bonds. The second-order valence-electron chi connectivity index (χ2n) is 9.59. The molecule has 0 spiro atoms. The number of amides is 1. The standard InChI is InChI=1S/C27H34N2O4/c1-31-23-7-5-6-20(16-23)18-29-14-10-22(11-15-29)28-26(30)27(12-3-2-4-13-27)21-8-9-24-25(17-21)33-19-32-24/h5-9,16-17,22H,2-4,10-15,18-19H2,1H3,(H,28,30). The van der Waals surface area contributed by atoms with Gasteiger partial charge >= 0.3 is 0 Å². The molecule has 2 aromatic rings. The van der Waals surface area contributed by atoms with Crippen molar-refractivity contribution in [3.05, 3.63) is 53.6 Å². The smallest absolute Gasteiger partial charge is 0.231 e. The van der Waals surface area contributed by atoms with Crippen LogP contribution in [0.25, 0.3) is 0 Å². The second kappa shape index (κ2) is 9.64. The van der Waals surface area contributed by atoms with E-state index >= 15 is 0 Å². The molecule has 6 heteroatoms. The molecule has 2 aromatic carbocycles. The van der Waals surface area contributed by atoms with Gasteiger partial charge in [0.1, 0.15) is 5.75 Å². The summed E-state index contributed by atoms with van der Waals surface area (Å²) in [6.45, 7) is 3.14. The highest BCUT2D eigenvalue weighted by Gasteiger charge is 2.42. The summed E-state index contributed by atoms with van der Waals surface area (Å²) in [5.74, 6) is 2.62. The first kappa shape index (κ1) is 22.1. The number of piperidine rings is 1. The van der Waals surface area contributed by atoms with Crippen LogP contribution in [0.15, 0.2) is 42.5 Å². The maximum Gasteiger partial charge on any atom is 0.231 e. The Bertz CT molecular complexity index is 978. The van der Waals surface area contributed by atoms with Gasteiger partial charge < -0.3 is 19.5 Å². The van der Waals surface area contributed by atoms with Crippen molar-refractivity contribution >= 4 is 5.91 Å². The number of carbonyl (C=O) groups is 1. The van der Waals surface area contributed by atoms with E-state index in [0.29, 0.717) is 0 Å². The lowest BCUT2D eigenvalue weighted by Gasteiger charge is -2.39. The van der Waals surface area contributed by atoms with Gasteiger partial charge in [0.25, 0.3) is 0 Å². The number of ether oxygens (including phenoxy) is 3. The highest BCUT2D eigenvalue weighted by molar-refractivity contribution is 5.89. The molecule has 3 aliphatic rings. The Hall–Kier alpha value is -2.73. The molecular weight excluding hydrogens is 416 g/mol. The van der Waals surface area contributed by atoms with E-state index in [2.05, 4.69) is 28.4 Å². The maximum absolute atomic E-state index is 13.7. The van der Waals surface area contributed by atoms with Crippen LogP contribution in [-0.4, -0.2) is 43.8 Å². The van der Waals surface area contributed by atoms with Crippen LogP contribution in [0.1, 0.15) is 56.1 Å². The van der Waals surface area contributed by atoms with E-state index in [-0.39, 0.29) is 18.7 Å². The Morgan fingerprint density at radius 3 is 2.64 bits per heavy atom. The lowest BCUT2D eigenvalue weighted by Crippen LogP contribution is -2.52. The summed E-state index contributed by atoms with van der Waals surface area (Å²) < 4.78 is 16.5. The number of benzene rings is 2. The third kappa shape index (κ3) is 4.67. The zero-order valence-electron chi connectivity index (χ0n) is 19.5.